The Morgan fingerprint density at radius 2 is 1.86 bits per heavy atom. The Kier molecular flexibility index (Phi) is 2.09. The molecular weight excluding hydrogens is 276 g/mol. The summed E-state index contributed by atoms with van der Waals surface area (Å²) in [6.45, 7) is 0. The molecule has 1 aliphatic carbocycles. The molecule has 1 unspecified atom stereocenters. The van der Waals surface area contributed by atoms with E-state index < -0.39 is 0 Å². The van der Waals surface area contributed by atoms with Crippen molar-refractivity contribution in [3.8, 4) is 11.3 Å². The van der Waals surface area contributed by atoms with Gasteiger partial charge in [-0.2, -0.15) is 0 Å². The number of imidazole rings is 1. The van der Waals surface area contributed by atoms with Crippen molar-refractivity contribution < 1.29 is 0 Å². The van der Waals surface area contributed by atoms with Crippen molar-refractivity contribution in [1.82, 2.24) is 18.9 Å². The Morgan fingerprint density at radius 3 is 2.73 bits per heavy atom. The van der Waals surface area contributed by atoms with Crippen molar-refractivity contribution in [2.24, 2.45) is 0 Å². The van der Waals surface area contributed by atoms with Gasteiger partial charge in [-0.25, -0.2) is 4.98 Å². The first-order chi connectivity index (χ1) is 10.8. The Hall–Kier alpha value is -3.08. The lowest BCUT2D eigenvalue weighted by molar-refractivity contribution is 0.667. The zero-order valence-corrected chi connectivity index (χ0v) is 11.6. The molecule has 0 spiro atoms. The molecule has 0 fully saturated rings. The van der Waals surface area contributed by atoms with Gasteiger partial charge in [0.15, 0.2) is 0 Å². The molecule has 1 aliphatic rings. The van der Waals surface area contributed by atoms with Crippen LogP contribution in [0.4, 0.5) is 0 Å². The molecular formula is C17H12N4O. The summed E-state index contributed by atoms with van der Waals surface area (Å²) in [6, 6.07) is 12.3. The lowest BCUT2D eigenvalue weighted by atomic mass is 10.1. The van der Waals surface area contributed by atoms with Gasteiger partial charge in [0.2, 0.25) is 5.65 Å². The number of H-pyrrole nitrogens is 1. The third-order valence-corrected chi connectivity index (χ3v) is 4.31. The quantitative estimate of drug-likeness (QED) is 0.515. The Balaban J connectivity index is 1.97. The second kappa shape index (κ2) is 3.98. The lowest BCUT2D eigenvalue weighted by Crippen LogP contribution is -2.17. The number of hydrogen-bond acceptors (Lipinski definition) is 2. The molecule has 4 aromatic rings. The number of aromatic amines is 1. The van der Waals surface area contributed by atoms with Crippen molar-refractivity contribution in [1.29, 1.82) is 0 Å². The SMILES string of the molecule is O=c1[nH]c2c(n3ccnc13)C(n1cccc1)c1ccccc1-2. The van der Waals surface area contributed by atoms with Crippen LogP contribution in [-0.4, -0.2) is 18.9 Å². The average molecular weight is 288 g/mol. The van der Waals surface area contributed by atoms with Gasteiger partial charge in [-0.1, -0.05) is 24.3 Å². The summed E-state index contributed by atoms with van der Waals surface area (Å²) in [4.78, 5) is 19.5. The van der Waals surface area contributed by atoms with Gasteiger partial charge in [0, 0.05) is 30.4 Å². The molecule has 1 N–H and O–H groups in total. The van der Waals surface area contributed by atoms with Crippen LogP contribution in [0.25, 0.3) is 16.9 Å². The monoisotopic (exact) mass is 288 g/mol. The first-order valence-electron chi connectivity index (χ1n) is 7.15. The van der Waals surface area contributed by atoms with E-state index in [2.05, 4.69) is 26.7 Å². The summed E-state index contributed by atoms with van der Waals surface area (Å²) in [5, 5.41) is 0. The van der Waals surface area contributed by atoms with Crippen LogP contribution >= 0.6 is 0 Å². The number of benzene rings is 1. The highest BCUT2D eigenvalue weighted by Gasteiger charge is 2.33. The number of nitrogens with one attached hydrogen (secondary N) is 1. The molecule has 5 heteroatoms. The van der Waals surface area contributed by atoms with E-state index in [9.17, 15) is 4.79 Å². The van der Waals surface area contributed by atoms with E-state index >= 15 is 0 Å². The molecule has 1 aromatic carbocycles. The molecule has 22 heavy (non-hydrogen) atoms. The molecule has 1 atom stereocenters. The number of nitrogens with zero attached hydrogens (tertiary/aromatic N) is 3. The zero-order chi connectivity index (χ0) is 14.7. The molecule has 0 bridgehead atoms. The second-order valence-corrected chi connectivity index (χ2v) is 5.46. The summed E-state index contributed by atoms with van der Waals surface area (Å²) in [6.07, 6.45) is 7.61. The number of fused-ring (bicyclic) bond motifs is 5. The average Bonchev–Trinajstić information content (AvgIpc) is 3.25. The van der Waals surface area contributed by atoms with Crippen LogP contribution in [0.1, 0.15) is 17.3 Å². The van der Waals surface area contributed by atoms with Gasteiger partial charge in [-0.3, -0.25) is 9.20 Å². The van der Waals surface area contributed by atoms with E-state index in [0.717, 1.165) is 17.0 Å². The van der Waals surface area contributed by atoms with Crippen LogP contribution in [-0.2, 0) is 0 Å². The van der Waals surface area contributed by atoms with Gasteiger partial charge in [0.25, 0.3) is 5.56 Å². The molecule has 0 amide bonds. The van der Waals surface area contributed by atoms with Gasteiger partial charge >= 0.3 is 0 Å². The van der Waals surface area contributed by atoms with Crippen molar-refractivity contribution >= 4 is 5.65 Å². The zero-order valence-electron chi connectivity index (χ0n) is 11.6. The summed E-state index contributed by atoms with van der Waals surface area (Å²) >= 11 is 0. The molecule has 0 radical (unpaired) electrons. The Bertz CT molecular complexity index is 1060. The molecule has 0 aliphatic heterocycles. The van der Waals surface area contributed by atoms with E-state index in [4.69, 9.17) is 0 Å². The Labute approximate surface area is 125 Å². The molecule has 0 saturated carbocycles. The van der Waals surface area contributed by atoms with E-state index in [1.54, 1.807) is 6.20 Å². The largest absolute Gasteiger partial charge is 0.341 e. The number of aromatic nitrogens is 4. The maximum atomic E-state index is 12.3. The smallest absolute Gasteiger partial charge is 0.292 e. The highest BCUT2D eigenvalue weighted by molar-refractivity contribution is 5.75. The maximum Gasteiger partial charge on any atom is 0.292 e. The highest BCUT2D eigenvalue weighted by atomic mass is 16.1. The fourth-order valence-corrected chi connectivity index (χ4v) is 3.43. The third kappa shape index (κ3) is 1.32. The predicted octanol–water partition coefficient (Wildman–Crippen LogP) is 2.44. The fraction of sp³-hybridized carbons (Fsp3) is 0.0588. The lowest BCUT2D eigenvalue weighted by Gasteiger charge is -2.16. The van der Waals surface area contributed by atoms with Crippen LogP contribution in [0, 0.1) is 0 Å². The van der Waals surface area contributed by atoms with Crippen LogP contribution in [0.15, 0.2) is 66.0 Å². The molecule has 106 valence electrons. The number of rotatable bonds is 1. The molecule has 5 rings (SSSR count). The van der Waals surface area contributed by atoms with E-state index in [0.29, 0.717) is 5.65 Å². The van der Waals surface area contributed by atoms with Crippen molar-refractivity contribution in [3.05, 3.63) is 82.8 Å². The fourth-order valence-electron chi connectivity index (χ4n) is 3.43. The van der Waals surface area contributed by atoms with E-state index in [1.165, 1.54) is 5.56 Å². The topological polar surface area (TPSA) is 55.1 Å². The van der Waals surface area contributed by atoms with E-state index in [-0.39, 0.29) is 11.6 Å². The second-order valence-electron chi connectivity index (χ2n) is 5.46. The third-order valence-electron chi connectivity index (χ3n) is 4.31. The van der Waals surface area contributed by atoms with E-state index in [1.807, 2.05) is 47.3 Å². The number of hydrogen-bond donors (Lipinski definition) is 1. The van der Waals surface area contributed by atoms with Gasteiger partial charge in [-0.15, -0.1) is 0 Å². The van der Waals surface area contributed by atoms with Crippen molar-refractivity contribution in [2.75, 3.05) is 0 Å². The molecule has 3 heterocycles. The minimum absolute atomic E-state index is 0.0368. The summed E-state index contributed by atoms with van der Waals surface area (Å²) in [7, 11) is 0. The van der Waals surface area contributed by atoms with Gasteiger partial charge < -0.3 is 9.55 Å². The van der Waals surface area contributed by atoms with Gasteiger partial charge in [0.05, 0.1) is 11.4 Å². The van der Waals surface area contributed by atoms with Crippen LogP contribution in [0.3, 0.4) is 0 Å². The Morgan fingerprint density at radius 1 is 1.05 bits per heavy atom. The van der Waals surface area contributed by atoms with Crippen molar-refractivity contribution in [3.63, 3.8) is 0 Å². The van der Waals surface area contributed by atoms with Crippen LogP contribution in [0.2, 0.25) is 0 Å². The highest BCUT2D eigenvalue weighted by Crippen LogP contribution is 2.43. The predicted molar refractivity (Wildman–Crippen MR) is 82.9 cm³/mol. The molecule has 0 saturated heterocycles. The summed E-state index contributed by atoms with van der Waals surface area (Å²) in [5.41, 5.74) is 4.46. The first-order valence-corrected chi connectivity index (χ1v) is 7.15. The maximum absolute atomic E-state index is 12.3. The van der Waals surface area contributed by atoms with Crippen LogP contribution in [0.5, 0.6) is 0 Å². The van der Waals surface area contributed by atoms with Crippen molar-refractivity contribution in [2.45, 2.75) is 6.04 Å². The minimum Gasteiger partial charge on any atom is -0.341 e. The van der Waals surface area contributed by atoms with Crippen LogP contribution < -0.4 is 5.56 Å². The minimum atomic E-state index is -0.160. The molecule has 3 aromatic heterocycles. The van der Waals surface area contributed by atoms with Gasteiger partial charge in [-0.05, 0) is 17.7 Å². The molecule has 5 nitrogen and oxygen atoms in total. The normalized spacial score (nSPS) is 15.9. The summed E-state index contributed by atoms with van der Waals surface area (Å²) in [5.74, 6) is 0. The first kappa shape index (κ1) is 11.6. The van der Waals surface area contributed by atoms with Gasteiger partial charge in [0.1, 0.15) is 6.04 Å². The standard InChI is InChI=1S/C17H12N4O/c22-17-16-18-7-10-21(16)15-13(19-17)11-5-1-2-6-12(11)14(15)20-8-3-4-9-20/h1-10,14H,(H,19,22). The summed E-state index contributed by atoms with van der Waals surface area (Å²) < 4.78 is 4.06.